The first-order valence-electron chi connectivity index (χ1n) is 7.60. The standard InChI is InChI=1S/C16H14ClF3N4O/c17-12-4-3-10(7-11(12)16(18,19)20)23-14-8-13(21-9-22-14)15(25)24-5-1-2-6-24/h3-4,7-9H,1-2,5-6H2,(H,21,22,23). The third kappa shape index (κ3) is 4.01. The summed E-state index contributed by atoms with van der Waals surface area (Å²) >= 11 is 5.60. The van der Waals surface area contributed by atoms with Gasteiger partial charge in [0, 0.05) is 24.8 Å². The molecule has 132 valence electrons. The summed E-state index contributed by atoms with van der Waals surface area (Å²) in [7, 11) is 0. The number of carbonyl (C=O) groups is 1. The molecular weight excluding hydrogens is 357 g/mol. The van der Waals surface area contributed by atoms with Crippen LogP contribution in [0.15, 0.2) is 30.6 Å². The molecule has 0 aliphatic carbocycles. The Morgan fingerprint density at radius 3 is 2.56 bits per heavy atom. The molecule has 0 bridgehead atoms. The zero-order chi connectivity index (χ0) is 18.0. The minimum Gasteiger partial charge on any atom is -0.340 e. The SMILES string of the molecule is O=C(c1cc(Nc2ccc(Cl)c(C(F)(F)F)c2)ncn1)N1CCCC1. The van der Waals surface area contributed by atoms with Crippen LogP contribution in [0.2, 0.25) is 5.02 Å². The third-order valence-electron chi connectivity index (χ3n) is 3.82. The Labute approximate surface area is 146 Å². The van der Waals surface area contributed by atoms with Gasteiger partial charge in [0.25, 0.3) is 5.91 Å². The lowest BCUT2D eigenvalue weighted by atomic mass is 10.2. The van der Waals surface area contributed by atoms with Gasteiger partial charge in [0.1, 0.15) is 17.8 Å². The van der Waals surface area contributed by atoms with E-state index in [2.05, 4.69) is 15.3 Å². The van der Waals surface area contributed by atoms with Gasteiger partial charge in [-0.1, -0.05) is 11.6 Å². The minimum atomic E-state index is -4.56. The third-order valence-corrected chi connectivity index (χ3v) is 4.15. The first-order valence-corrected chi connectivity index (χ1v) is 7.97. The van der Waals surface area contributed by atoms with Crippen molar-refractivity contribution in [3.63, 3.8) is 0 Å². The fraction of sp³-hybridized carbons (Fsp3) is 0.312. The molecule has 2 aromatic rings. The van der Waals surface area contributed by atoms with Crippen molar-refractivity contribution in [3.8, 4) is 0 Å². The van der Waals surface area contributed by atoms with Crippen molar-refractivity contribution in [1.82, 2.24) is 14.9 Å². The van der Waals surface area contributed by atoms with Crippen LogP contribution in [0.5, 0.6) is 0 Å². The second-order valence-corrected chi connectivity index (χ2v) is 6.01. The van der Waals surface area contributed by atoms with Gasteiger partial charge in [0.2, 0.25) is 0 Å². The van der Waals surface area contributed by atoms with Gasteiger partial charge in [-0.2, -0.15) is 13.2 Å². The van der Waals surface area contributed by atoms with Crippen molar-refractivity contribution in [2.24, 2.45) is 0 Å². The van der Waals surface area contributed by atoms with E-state index in [1.165, 1.54) is 18.5 Å². The highest BCUT2D eigenvalue weighted by atomic mass is 35.5. The summed E-state index contributed by atoms with van der Waals surface area (Å²) in [6, 6.07) is 4.88. The molecular formula is C16H14ClF3N4O. The fourth-order valence-corrected chi connectivity index (χ4v) is 2.82. The van der Waals surface area contributed by atoms with Gasteiger partial charge in [0.05, 0.1) is 10.6 Å². The van der Waals surface area contributed by atoms with E-state index in [1.807, 2.05) is 0 Å². The van der Waals surface area contributed by atoms with E-state index in [9.17, 15) is 18.0 Å². The average Bonchev–Trinajstić information content (AvgIpc) is 3.10. The molecule has 9 heteroatoms. The van der Waals surface area contributed by atoms with Crippen molar-refractivity contribution in [3.05, 3.63) is 46.9 Å². The van der Waals surface area contributed by atoms with Gasteiger partial charge in [0.15, 0.2) is 0 Å². The maximum atomic E-state index is 12.9. The molecule has 0 atom stereocenters. The number of hydrogen-bond donors (Lipinski definition) is 1. The lowest BCUT2D eigenvalue weighted by Gasteiger charge is -2.15. The molecule has 1 aromatic carbocycles. The van der Waals surface area contributed by atoms with Crippen LogP contribution in [0.25, 0.3) is 0 Å². The average molecular weight is 371 g/mol. The van der Waals surface area contributed by atoms with Crippen LogP contribution in [0.4, 0.5) is 24.7 Å². The van der Waals surface area contributed by atoms with Crippen LogP contribution in [-0.2, 0) is 6.18 Å². The zero-order valence-corrected chi connectivity index (χ0v) is 13.7. The molecule has 0 radical (unpaired) electrons. The van der Waals surface area contributed by atoms with Crippen LogP contribution >= 0.6 is 11.6 Å². The number of carbonyl (C=O) groups excluding carboxylic acids is 1. The van der Waals surface area contributed by atoms with Gasteiger partial charge in [-0.25, -0.2) is 9.97 Å². The Bertz CT molecular complexity index is 791. The van der Waals surface area contributed by atoms with Crippen molar-refractivity contribution in [2.75, 3.05) is 18.4 Å². The number of rotatable bonds is 3. The predicted molar refractivity (Wildman–Crippen MR) is 86.9 cm³/mol. The zero-order valence-electron chi connectivity index (χ0n) is 13.0. The number of anilines is 2. The Morgan fingerprint density at radius 2 is 1.88 bits per heavy atom. The highest BCUT2D eigenvalue weighted by Crippen LogP contribution is 2.36. The van der Waals surface area contributed by atoms with Crippen molar-refractivity contribution in [1.29, 1.82) is 0 Å². The molecule has 0 saturated carbocycles. The molecule has 1 N–H and O–H groups in total. The number of hydrogen-bond acceptors (Lipinski definition) is 4. The molecule has 1 aliphatic rings. The van der Waals surface area contributed by atoms with E-state index in [4.69, 9.17) is 11.6 Å². The van der Waals surface area contributed by atoms with Crippen molar-refractivity contribution in [2.45, 2.75) is 19.0 Å². The summed E-state index contributed by atoms with van der Waals surface area (Å²) in [5, 5.41) is 2.37. The summed E-state index contributed by atoms with van der Waals surface area (Å²) in [6.45, 7) is 1.36. The summed E-state index contributed by atoms with van der Waals surface area (Å²) in [5.74, 6) is 0.0167. The topological polar surface area (TPSA) is 58.1 Å². The first-order chi connectivity index (χ1) is 11.8. The molecule has 1 saturated heterocycles. The lowest BCUT2D eigenvalue weighted by molar-refractivity contribution is -0.137. The number of amides is 1. The van der Waals surface area contributed by atoms with E-state index in [0.717, 1.165) is 25.0 Å². The monoisotopic (exact) mass is 370 g/mol. The quantitative estimate of drug-likeness (QED) is 0.882. The summed E-state index contributed by atoms with van der Waals surface area (Å²) < 4.78 is 38.8. The fourth-order valence-electron chi connectivity index (χ4n) is 2.59. The lowest BCUT2D eigenvalue weighted by Crippen LogP contribution is -2.28. The van der Waals surface area contributed by atoms with Gasteiger partial charge < -0.3 is 10.2 Å². The van der Waals surface area contributed by atoms with Crippen LogP contribution in [0.1, 0.15) is 28.9 Å². The Hall–Kier alpha value is -2.35. The van der Waals surface area contributed by atoms with E-state index in [1.54, 1.807) is 4.90 Å². The van der Waals surface area contributed by atoms with Crippen LogP contribution in [0, 0.1) is 0 Å². The molecule has 0 spiro atoms. The molecule has 1 aromatic heterocycles. The maximum Gasteiger partial charge on any atom is 0.417 e. The highest BCUT2D eigenvalue weighted by molar-refractivity contribution is 6.31. The Kier molecular flexibility index (Phi) is 4.80. The smallest absolute Gasteiger partial charge is 0.340 e. The van der Waals surface area contributed by atoms with Crippen LogP contribution < -0.4 is 5.32 Å². The normalized spacial score (nSPS) is 14.6. The number of nitrogens with one attached hydrogen (secondary N) is 1. The molecule has 25 heavy (non-hydrogen) atoms. The van der Waals surface area contributed by atoms with Gasteiger partial charge in [-0.15, -0.1) is 0 Å². The van der Waals surface area contributed by atoms with Crippen molar-refractivity contribution >= 4 is 29.0 Å². The molecule has 1 amide bonds. The number of benzene rings is 1. The minimum absolute atomic E-state index is 0.162. The summed E-state index contributed by atoms with van der Waals surface area (Å²) in [4.78, 5) is 21.9. The van der Waals surface area contributed by atoms with E-state index >= 15 is 0 Å². The second-order valence-electron chi connectivity index (χ2n) is 5.61. The Balaban J connectivity index is 1.82. The number of nitrogens with zero attached hydrogens (tertiary/aromatic N) is 3. The molecule has 1 aliphatic heterocycles. The summed E-state index contributed by atoms with van der Waals surface area (Å²) in [5.41, 5.74) is -0.582. The largest absolute Gasteiger partial charge is 0.417 e. The summed E-state index contributed by atoms with van der Waals surface area (Å²) in [6.07, 6.45) is -1.45. The van der Waals surface area contributed by atoms with Gasteiger partial charge in [-0.05, 0) is 31.0 Å². The van der Waals surface area contributed by atoms with Crippen LogP contribution in [0.3, 0.4) is 0 Å². The highest BCUT2D eigenvalue weighted by Gasteiger charge is 2.33. The number of aromatic nitrogens is 2. The van der Waals surface area contributed by atoms with E-state index in [-0.39, 0.29) is 28.1 Å². The predicted octanol–water partition coefficient (Wildman–Crippen LogP) is 4.13. The van der Waals surface area contributed by atoms with E-state index in [0.29, 0.717) is 13.1 Å². The van der Waals surface area contributed by atoms with Gasteiger partial charge in [-0.3, -0.25) is 4.79 Å². The second kappa shape index (κ2) is 6.87. The number of halogens is 4. The van der Waals surface area contributed by atoms with E-state index < -0.39 is 11.7 Å². The maximum absolute atomic E-state index is 12.9. The first kappa shape index (κ1) is 17.5. The van der Waals surface area contributed by atoms with Gasteiger partial charge >= 0.3 is 6.18 Å². The Morgan fingerprint density at radius 1 is 1.16 bits per heavy atom. The molecule has 5 nitrogen and oxygen atoms in total. The molecule has 3 rings (SSSR count). The number of likely N-dealkylation sites (tertiary alicyclic amines) is 1. The van der Waals surface area contributed by atoms with Crippen molar-refractivity contribution < 1.29 is 18.0 Å². The molecule has 0 unspecified atom stereocenters. The van der Waals surface area contributed by atoms with Crippen LogP contribution in [-0.4, -0.2) is 33.9 Å². The molecule has 2 heterocycles. The number of alkyl halides is 3. The molecule has 1 fully saturated rings.